The number of unbranched alkanes of at least 4 members (excludes halogenated alkanes) is 1. The summed E-state index contributed by atoms with van der Waals surface area (Å²) in [6.07, 6.45) is 1.14. The van der Waals surface area contributed by atoms with E-state index in [1.807, 2.05) is 0 Å². The zero-order valence-corrected chi connectivity index (χ0v) is 12.0. The highest BCUT2D eigenvalue weighted by Gasteiger charge is 2.24. The summed E-state index contributed by atoms with van der Waals surface area (Å²) < 4.78 is 9.71. The third-order valence-corrected chi connectivity index (χ3v) is 2.19. The van der Waals surface area contributed by atoms with Gasteiger partial charge in [0, 0.05) is 6.42 Å². The first kappa shape index (κ1) is 17.2. The van der Waals surface area contributed by atoms with Crippen molar-refractivity contribution < 1.29 is 19.1 Å². The van der Waals surface area contributed by atoms with E-state index in [4.69, 9.17) is 11.3 Å². The van der Waals surface area contributed by atoms with Crippen molar-refractivity contribution in [3.63, 3.8) is 0 Å². The molecule has 19 heavy (non-hydrogen) atoms. The molecular weight excluding hydrogens is 248 g/mol. The first-order chi connectivity index (χ1) is 8.80. The normalized spacial score (nSPS) is 12.2. The number of ether oxygens (including phenoxy) is 2. The standard InChI is InChI=1S/C13H22N2O4/c1-13(2,3)19-12(17)15-10(11(16)18-5)8-6-7-9-14-4/h10H,6-9H2,1-3,5H3,(H,15,17)/t10-/m0/s1. The molecule has 0 aliphatic rings. The van der Waals surface area contributed by atoms with E-state index >= 15 is 0 Å². The van der Waals surface area contributed by atoms with Gasteiger partial charge in [-0.2, -0.15) is 0 Å². The van der Waals surface area contributed by atoms with Crippen molar-refractivity contribution in [2.24, 2.45) is 0 Å². The van der Waals surface area contributed by atoms with Crippen molar-refractivity contribution >= 4 is 12.1 Å². The van der Waals surface area contributed by atoms with Crippen LogP contribution < -0.4 is 5.32 Å². The molecular formula is C13H22N2O4. The second-order valence-corrected chi connectivity index (χ2v) is 5.10. The fourth-order valence-corrected chi connectivity index (χ4v) is 1.38. The Kier molecular flexibility index (Phi) is 7.57. The summed E-state index contributed by atoms with van der Waals surface area (Å²) in [5.74, 6) is -0.506. The topological polar surface area (TPSA) is 69.0 Å². The number of amides is 1. The number of alkyl carbamates (subject to hydrolysis) is 1. The summed E-state index contributed by atoms with van der Waals surface area (Å²) in [6, 6.07) is -0.731. The van der Waals surface area contributed by atoms with Gasteiger partial charge in [0.15, 0.2) is 0 Å². The minimum absolute atomic E-state index is 0.417. The lowest BCUT2D eigenvalue weighted by atomic mass is 10.1. The van der Waals surface area contributed by atoms with Crippen molar-refractivity contribution in [2.75, 3.05) is 13.7 Å². The Hall–Kier alpha value is -1.77. The molecule has 6 nitrogen and oxygen atoms in total. The van der Waals surface area contributed by atoms with Crippen LogP contribution in [0.2, 0.25) is 0 Å². The number of nitrogens with zero attached hydrogens (tertiary/aromatic N) is 1. The molecule has 0 saturated heterocycles. The Morgan fingerprint density at radius 1 is 1.32 bits per heavy atom. The number of hydrogen-bond donors (Lipinski definition) is 1. The molecule has 0 aromatic rings. The lowest BCUT2D eigenvalue weighted by Crippen LogP contribution is -2.44. The summed E-state index contributed by atoms with van der Waals surface area (Å²) >= 11 is 0. The van der Waals surface area contributed by atoms with Gasteiger partial charge in [-0.3, -0.25) is 0 Å². The molecule has 108 valence electrons. The lowest BCUT2D eigenvalue weighted by Gasteiger charge is -2.22. The van der Waals surface area contributed by atoms with E-state index in [0.717, 1.165) is 0 Å². The predicted molar refractivity (Wildman–Crippen MR) is 70.5 cm³/mol. The minimum atomic E-state index is -0.731. The summed E-state index contributed by atoms with van der Waals surface area (Å²) in [5, 5.41) is 2.49. The Bertz CT molecular complexity index is 342. The van der Waals surface area contributed by atoms with Crippen LogP contribution in [0.15, 0.2) is 0 Å². The monoisotopic (exact) mass is 270 g/mol. The van der Waals surface area contributed by atoms with E-state index in [-0.39, 0.29) is 0 Å². The molecule has 0 radical (unpaired) electrons. The third-order valence-electron chi connectivity index (χ3n) is 2.19. The molecule has 0 fully saturated rings. The molecule has 1 atom stereocenters. The molecule has 0 heterocycles. The van der Waals surface area contributed by atoms with E-state index in [1.165, 1.54) is 7.11 Å². The molecule has 0 rings (SSSR count). The molecule has 0 unspecified atom stereocenters. The van der Waals surface area contributed by atoms with Gasteiger partial charge in [0.05, 0.1) is 7.11 Å². The number of carbonyl (C=O) groups is 2. The van der Waals surface area contributed by atoms with Crippen LogP contribution in [0.4, 0.5) is 4.79 Å². The Labute approximate surface area is 114 Å². The number of hydrogen-bond acceptors (Lipinski definition) is 4. The summed E-state index contributed by atoms with van der Waals surface area (Å²) in [5.41, 5.74) is -0.616. The van der Waals surface area contributed by atoms with E-state index in [0.29, 0.717) is 25.8 Å². The Morgan fingerprint density at radius 2 is 1.95 bits per heavy atom. The number of carbonyl (C=O) groups excluding carboxylic acids is 2. The van der Waals surface area contributed by atoms with Crippen LogP contribution in [-0.4, -0.2) is 37.4 Å². The van der Waals surface area contributed by atoms with Crippen molar-refractivity contribution in [2.45, 2.75) is 51.7 Å². The molecule has 0 aromatic carbocycles. The second-order valence-electron chi connectivity index (χ2n) is 5.10. The van der Waals surface area contributed by atoms with Crippen molar-refractivity contribution in [1.29, 1.82) is 0 Å². The van der Waals surface area contributed by atoms with Crippen LogP contribution >= 0.6 is 0 Å². The van der Waals surface area contributed by atoms with E-state index in [2.05, 4.69) is 14.9 Å². The smallest absolute Gasteiger partial charge is 0.408 e. The Morgan fingerprint density at radius 3 is 2.42 bits per heavy atom. The number of nitrogens with one attached hydrogen (secondary N) is 1. The molecule has 1 N–H and O–H groups in total. The van der Waals surface area contributed by atoms with Crippen LogP contribution in [0, 0.1) is 6.57 Å². The molecule has 6 heteroatoms. The SMILES string of the molecule is [C-]#[N+]CCCC[C@H](NC(=O)OC(C)(C)C)C(=O)OC. The molecule has 0 bridgehead atoms. The first-order valence-corrected chi connectivity index (χ1v) is 6.20. The fraction of sp³-hybridized carbons (Fsp3) is 0.769. The average molecular weight is 270 g/mol. The molecule has 0 saturated carbocycles. The lowest BCUT2D eigenvalue weighted by molar-refractivity contribution is -0.143. The van der Waals surface area contributed by atoms with Gasteiger partial charge in [0.25, 0.3) is 0 Å². The van der Waals surface area contributed by atoms with Crippen LogP contribution in [0.1, 0.15) is 40.0 Å². The van der Waals surface area contributed by atoms with Crippen LogP contribution in [-0.2, 0) is 14.3 Å². The van der Waals surface area contributed by atoms with E-state index < -0.39 is 23.7 Å². The molecule has 0 aromatic heterocycles. The van der Waals surface area contributed by atoms with Crippen LogP contribution in [0.3, 0.4) is 0 Å². The largest absolute Gasteiger partial charge is 0.467 e. The van der Waals surface area contributed by atoms with E-state index in [1.54, 1.807) is 20.8 Å². The quantitative estimate of drug-likeness (QED) is 0.456. The van der Waals surface area contributed by atoms with Gasteiger partial charge < -0.3 is 19.6 Å². The molecule has 1 amide bonds. The number of rotatable bonds is 6. The van der Waals surface area contributed by atoms with Crippen molar-refractivity contribution in [1.82, 2.24) is 5.32 Å². The van der Waals surface area contributed by atoms with Crippen molar-refractivity contribution in [3.8, 4) is 0 Å². The maximum atomic E-state index is 11.6. The summed E-state index contributed by atoms with van der Waals surface area (Å²) in [6.45, 7) is 12.3. The van der Waals surface area contributed by atoms with Gasteiger partial charge in [-0.05, 0) is 33.6 Å². The predicted octanol–water partition coefficient (Wildman–Crippen LogP) is 2.14. The highest BCUT2D eigenvalue weighted by molar-refractivity contribution is 5.81. The molecule has 0 spiro atoms. The Balaban J connectivity index is 4.32. The second kappa shape index (κ2) is 8.35. The van der Waals surface area contributed by atoms with Gasteiger partial charge in [-0.1, -0.05) is 0 Å². The van der Waals surface area contributed by atoms with E-state index in [9.17, 15) is 9.59 Å². The van der Waals surface area contributed by atoms with Crippen LogP contribution in [0.25, 0.3) is 4.85 Å². The zero-order valence-electron chi connectivity index (χ0n) is 12.0. The van der Waals surface area contributed by atoms with Gasteiger partial charge in [0.2, 0.25) is 6.54 Å². The number of methoxy groups -OCH3 is 1. The van der Waals surface area contributed by atoms with Gasteiger partial charge in [0.1, 0.15) is 11.6 Å². The first-order valence-electron chi connectivity index (χ1n) is 6.20. The van der Waals surface area contributed by atoms with Gasteiger partial charge >= 0.3 is 12.1 Å². The fourth-order valence-electron chi connectivity index (χ4n) is 1.38. The van der Waals surface area contributed by atoms with Crippen molar-refractivity contribution in [3.05, 3.63) is 11.4 Å². The average Bonchev–Trinajstić information content (AvgIpc) is 2.29. The third kappa shape index (κ3) is 8.89. The zero-order chi connectivity index (χ0) is 14.9. The highest BCUT2D eigenvalue weighted by Crippen LogP contribution is 2.09. The summed E-state index contributed by atoms with van der Waals surface area (Å²) in [4.78, 5) is 26.3. The van der Waals surface area contributed by atoms with Gasteiger partial charge in [-0.25, -0.2) is 16.2 Å². The molecule has 0 aliphatic heterocycles. The summed E-state index contributed by atoms with van der Waals surface area (Å²) in [7, 11) is 1.27. The minimum Gasteiger partial charge on any atom is -0.467 e. The molecule has 0 aliphatic carbocycles. The highest BCUT2D eigenvalue weighted by atomic mass is 16.6. The maximum Gasteiger partial charge on any atom is 0.408 e. The van der Waals surface area contributed by atoms with Gasteiger partial charge in [-0.15, -0.1) is 0 Å². The van der Waals surface area contributed by atoms with Crippen LogP contribution in [0.5, 0.6) is 0 Å². The maximum absolute atomic E-state index is 11.6. The number of esters is 1.